The Bertz CT molecular complexity index is 1060. The zero-order valence-corrected chi connectivity index (χ0v) is 23.8. The average molecular weight is 531 g/mol. The Morgan fingerprint density at radius 2 is 1.64 bits per heavy atom. The third-order valence-corrected chi connectivity index (χ3v) is 11.0. The van der Waals surface area contributed by atoms with Crippen molar-refractivity contribution in [2.24, 2.45) is 11.3 Å². The zero-order valence-electron chi connectivity index (χ0n) is 22.1. The van der Waals surface area contributed by atoms with Gasteiger partial charge in [-0.1, -0.05) is 63.7 Å². The van der Waals surface area contributed by atoms with Crippen molar-refractivity contribution in [3.63, 3.8) is 0 Å². The summed E-state index contributed by atoms with van der Waals surface area (Å²) < 4.78 is 0. The molecule has 2 fully saturated rings. The van der Waals surface area contributed by atoms with Gasteiger partial charge in [-0.05, 0) is 55.9 Å². The quantitative estimate of drug-likeness (QED) is 0.300. The predicted molar refractivity (Wildman–Crippen MR) is 150 cm³/mol. The third kappa shape index (κ3) is 5.38. The Morgan fingerprint density at radius 3 is 2.19 bits per heavy atom. The number of thiazole rings is 1. The molecular formula is C28H42N4O2S2. The molecular weight excluding hydrogens is 488 g/mol. The number of nitrogens with zero attached hydrogens (tertiary/aromatic N) is 3. The summed E-state index contributed by atoms with van der Waals surface area (Å²) in [5.41, 5.74) is 2.63. The van der Waals surface area contributed by atoms with Crippen LogP contribution in [0.4, 0.5) is 5.13 Å². The van der Waals surface area contributed by atoms with E-state index >= 15 is 0 Å². The number of nitrogens with two attached hydrogens (primary N) is 1. The molecule has 0 aromatic carbocycles. The Labute approximate surface area is 223 Å². The first-order valence-corrected chi connectivity index (χ1v) is 15.5. The Kier molecular flexibility index (Phi) is 7.78. The summed E-state index contributed by atoms with van der Waals surface area (Å²) in [4.78, 5) is 23.7. The topological polar surface area (TPSA) is 82.7 Å². The number of aryl methyl sites for hydroxylation is 1. The number of carboxylic acid groups (broad SMARTS) is 1. The minimum atomic E-state index is -0.807. The minimum Gasteiger partial charge on any atom is -0.478 e. The molecule has 3 N–H and O–H groups in total. The summed E-state index contributed by atoms with van der Waals surface area (Å²) in [6, 6.07) is 1.08. The van der Waals surface area contributed by atoms with E-state index in [-0.39, 0.29) is 5.41 Å². The maximum atomic E-state index is 12.7. The smallest absolute Gasteiger partial charge is 0.337 e. The number of fused-ring (bicyclic) bond motifs is 1. The molecule has 198 valence electrons. The van der Waals surface area contributed by atoms with E-state index in [4.69, 9.17) is 10.8 Å². The first-order chi connectivity index (χ1) is 17.2. The van der Waals surface area contributed by atoms with E-state index in [1.165, 1.54) is 69.1 Å². The van der Waals surface area contributed by atoms with Crippen molar-refractivity contribution >= 4 is 33.8 Å². The molecule has 36 heavy (non-hydrogen) atoms. The van der Waals surface area contributed by atoms with Gasteiger partial charge in [-0.3, -0.25) is 5.84 Å². The molecule has 0 amide bonds. The van der Waals surface area contributed by atoms with Crippen molar-refractivity contribution in [2.45, 2.75) is 116 Å². The van der Waals surface area contributed by atoms with Crippen LogP contribution < -0.4 is 10.7 Å². The number of thiophene rings is 1. The van der Waals surface area contributed by atoms with Crippen LogP contribution >= 0.6 is 22.7 Å². The van der Waals surface area contributed by atoms with Crippen LogP contribution in [-0.2, 0) is 19.4 Å². The molecule has 0 saturated heterocycles. The fourth-order valence-corrected chi connectivity index (χ4v) is 9.29. The number of hydrazine groups is 1. The van der Waals surface area contributed by atoms with Crippen molar-refractivity contribution in [1.29, 1.82) is 0 Å². The highest BCUT2D eigenvalue weighted by molar-refractivity contribution is 7.24. The number of hydrogen-bond acceptors (Lipinski definition) is 7. The molecule has 2 aromatic heterocycles. The van der Waals surface area contributed by atoms with Gasteiger partial charge in [0.15, 0.2) is 5.13 Å². The van der Waals surface area contributed by atoms with Crippen LogP contribution in [0.3, 0.4) is 0 Å². The van der Waals surface area contributed by atoms with Gasteiger partial charge in [-0.25, -0.2) is 14.8 Å². The minimum absolute atomic E-state index is 0.132. The van der Waals surface area contributed by atoms with Crippen LogP contribution in [0.5, 0.6) is 0 Å². The molecule has 3 aliphatic carbocycles. The van der Waals surface area contributed by atoms with Crippen molar-refractivity contribution in [3.8, 4) is 9.75 Å². The Hall–Kier alpha value is -1.48. The van der Waals surface area contributed by atoms with Crippen molar-refractivity contribution < 1.29 is 9.90 Å². The fourth-order valence-electron chi connectivity index (χ4n) is 6.61. The molecule has 0 atom stereocenters. The van der Waals surface area contributed by atoms with Gasteiger partial charge in [0.05, 0.1) is 27.6 Å². The van der Waals surface area contributed by atoms with Gasteiger partial charge in [0.1, 0.15) is 0 Å². The lowest BCUT2D eigenvalue weighted by atomic mass is 9.76. The summed E-state index contributed by atoms with van der Waals surface area (Å²) in [6.07, 6.45) is 15.7. The van der Waals surface area contributed by atoms with E-state index in [2.05, 4.69) is 18.7 Å². The Morgan fingerprint density at radius 1 is 1.03 bits per heavy atom. The van der Waals surface area contributed by atoms with E-state index < -0.39 is 5.97 Å². The number of carbonyl (C=O) groups is 1. The number of aromatic nitrogens is 1. The number of carboxylic acids is 1. The molecule has 0 spiro atoms. The van der Waals surface area contributed by atoms with Crippen LogP contribution in [0.25, 0.3) is 9.75 Å². The average Bonchev–Trinajstić information content (AvgIpc) is 3.40. The zero-order chi connectivity index (χ0) is 25.4. The second kappa shape index (κ2) is 10.7. The first kappa shape index (κ1) is 26.1. The van der Waals surface area contributed by atoms with Gasteiger partial charge >= 0.3 is 5.97 Å². The van der Waals surface area contributed by atoms with Crippen molar-refractivity contribution in [1.82, 2.24) is 9.99 Å². The summed E-state index contributed by atoms with van der Waals surface area (Å²) >= 11 is 3.42. The monoisotopic (exact) mass is 530 g/mol. The highest BCUT2D eigenvalue weighted by Gasteiger charge is 2.36. The highest BCUT2D eigenvalue weighted by Crippen LogP contribution is 2.49. The number of anilines is 1. The molecule has 6 nitrogen and oxygen atoms in total. The van der Waals surface area contributed by atoms with Crippen molar-refractivity contribution in [2.75, 3.05) is 11.9 Å². The van der Waals surface area contributed by atoms with Crippen LogP contribution in [0.2, 0.25) is 0 Å². The number of rotatable bonds is 7. The lowest BCUT2D eigenvalue weighted by molar-refractivity contribution is 0.0696. The third-order valence-electron chi connectivity index (χ3n) is 8.44. The normalized spacial score (nSPS) is 21.0. The van der Waals surface area contributed by atoms with E-state index in [1.54, 1.807) is 27.7 Å². The van der Waals surface area contributed by atoms with E-state index in [0.29, 0.717) is 24.2 Å². The van der Waals surface area contributed by atoms with Gasteiger partial charge < -0.3 is 10.0 Å². The summed E-state index contributed by atoms with van der Waals surface area (Å²) in [6.45, 7) is 5.03. The van der Waals surface area contributed by atoms with Crippen molar-refractivity contribution in [3.05, 3.63) is 21.7 Å². The number of aromatic carboxylic acids is 1. The van der Waals surface area contributed by atoms with Gasteiger partial charge in [-0.15, -0.1) is 11.3 Å². The maximum Gasteiger partial charge on any atom is 0.337 e. The molecule has 2 saturated carbocycles. The molecule has 3 aliphatic rings. The summed E-state index contributed by atoms with van der Waals surface area (Å²) in [5.74, 6) is 5.34. The van der Waals surface area contributed by atoms with Gasteiger partial charge in [-0.2, -0.15) is 0 Å². The molecule has 0 bridgehead atoms. The molecule has 5 rings (SSSR count). The molecule has 0 unspecified atom stereocenters. The lowest BCUT2D eigenvalue weighted by Gasteiger charge is -2.41. The second-order valence-electron chi connectivity index (χ2n) is 12.0. The van der Waals surface area contributed by atoms with E-state index in [0.717, 1.165) is 45.4 Å². The van der Waals surface area contributed by atoms with Gasteiger partial charge in [0, 0.05) is 24.0 Å². The van der Waals surface area contributed by atoms with Crippen LogP contribution in [0.15, 0.2) is 0 Å². The van der Waals surface area contributed by atoms with Crippen LogP contribution in [-0.4, -0.2) is 40.2 Å². The summed E-state index contributed by atoms with van der Waals surface area (Å²) in [5, 5.41) is 13.1. The molecule has 0 radical (unpaired) electrons. The summed E-state index contributed by atoms with van der Waals surface area (Å²) in [7, 11) is 1.86. The van der Waals surface area contributed by atoms with Crippen LogP contribution in [0, 0.1) is 5.41 Å². The maximum absolute atomic E-state index is 12.7. The highest BCUT2D eigenvalue weighted by atomic mass is 32.1. The van der Waals surface area contributed by atoms with Gasteiger partial charge in [0.2, 0.25) is 0 Å². The fraction of sp³-hybridized carbons (Fsp3) is 0.714. The predicted octanol–water partition coefficient (Wildman–Crippen LogP) is 6.86. The van der Waals surface area contributed by atoms with E-state index in [1.807, 2.05) is 7.05 Å². The Balaban J connectivity index is 1.61. The largest absolute Gasteiger partial charge is 0.478 e. The molecule has 2 aromatic rings. The standard InChI is InChI=1S/C28H42N4O2S2/c1-28(2)15-14-22-20(16-28)23(26(33)34)25(35-22)24-21(17-31(3)29)30-27(36-24)32(18-10-6-4-7-11-18)19-12-8-5-9-13-19/h18-19H,4-17,29H2,1-3H3,(H,33,34). The lowest BCUT2D eigenvalue weighted by Crippen LogP contribution is -2.45. The van der Waals surface area contributed by atoms with Gasteiger partial charge in [0.25, 0.3) is 0 Å². The first-order valence-electron chi connectivity index (χ1n) is 13.9. The molecule has 2 heterocycles. The molecule has 0 aliphatic heterocycles. The van der Waals surface area contributed by atoms with Crippen LogP contribution in [0.1, 0.15) is 111 Å². The second-order valence-corrected chi connectivity index (χ2v) is 14.1. The van der Waals surface area contributed by atoms with E-state index in [9.17, 15) is 9.90 Å². The molecule has 8 heteroatoms. The SMILES string of the molecule is CN(N)Cc1nc(N(C2CCCCC2)C2CCCCC2)sc1-c1sc2c(c1C(=O)O)CC(C)(C)CC2. The number of hydrogen-bond donors (Lipinski definition) is 2.